The van der Waals surface area contributed by atoms with E-state index >= 15 is 0 Å². The molecule has 0 fully saturated rings. The molecule has 1 aromatic carbocycles. The van der Waals surface area contributed by atoms with Crippen LogP contribution in [0.25, 0.3) is 0 Å². The number of rotatable bonds is 6. The summed E-state index contributed by atoms with van der Waals surface area (Å²) >= 11 is 5.86. The Bertz CT molecular complexity index is 518. The Labute approximate surface area is 130 Å². The molecular weight excluding hydrogens is 292 g/mol. The van der Waals surface area contributed by atoms with Crippen LogP contribution < -0.4 is 15.4 Å². The van der Waals surface area contributed by atoms with Gasteiger partial charge in [-0.25, -0.2) is 0 Å². The van der Waals surface area contributed by atoms with Crippen LogP contribution in [0.1, 0.15) is 26.3 Å². The first-order valence-electron chi connectivity index (χ1n) is 6.79. The van der Waals surface area contributed by atoms with Gasteiger partial charge in [-0.15, -0.1) is 0 Å². The molecule has 0 radical (unpaired) electrons. The lowest BCUT2D eigenvalue weighted by molar-refractivity contribution is -0.130. The van der Waals surface area contributed by atoms with E-state index in [1.807, 2.05) is 20.8 Å². The van der Waals surface area contributed by atoms with E-state index in [1.54, 1.807) is 25.1 Å². The van der Waals surface area contributed by atoms with Crippen molar-refractivity contribution in [3.63, 3.8) is 0 Å². The fraction of sp³-hybridized carbons (Fsp3) is 0.467. The normalized spacial score (nSPS) is 11.9. The number of carbonyl (C=O) groups excluding carboxylic acids is 2. The fourth-order valence-corrected chi connectivity index (χ4v) is 1.90. The van der Waals surface area contributed by atoms with E-state index in [9.17, 15) is 9.59 Å². The molecule has 1 atom stereocenters. The van der Waals surface area contributed by atoms with E-state index in [1.165, 1.54) is 0 Å². The molecule has 1 unspecified atom stereocenters. The number of aryl methyl sites for hydroxylation is 1. The van der Waals surface area contributed by atoms with Crippen molar-refractivity contribution in [3.05, 3.63) is 28.8 Å². The molecule has 0 heterocycles. The van der Waals surface area contributed by atoms with Gasteiger partial charge in [-0.05, 0) is 51.5 Å². The highest BCUT2D eigenvalue weighted by Crippen LogP contribution is 2.22. The summed E-state index contributed by atoms with van der Waals surface area (Å²) in [5, 5.41) is 5.84. The van der Waals surface area contributed by atoms with Gasteiger partial charge in [0.1, 0.15) is 5.75 Å². The number of carbonyl (C=O) groups is 2. The van der Waals surface area contributed by atoms with Gasteiger partial charge in [-0.3, -0.25) is 9.59 Å². The van der Waals surface area contributed by atoms with Crippen molar-refractivity contribution >= 4 is 23.4 Å². The second-order valence-corrected chi connectivity index (χ2v) is 5.55. The fourth-order valence-electron chi connectivity index (χ4n) is 1.67. The minimum Gasteiger partial charge on any atom is -0.481 e. The number of hydrogen-bond donors (Lipinski definition) is 2. The average Bonchev–Trinajstić information content (AvgIpc) is 2.38. The van der Waals surface area contributed by atoms with Gasteiger partial charge in [0.15, 0.2) is 6.10 Å². The van der Waals surface area contributed by atoms with Crippen LogP contribution in [0.3, 0.4) is 0 Å². The summed E-state index contributed by atoms with van der Waals surface area (Å²) in [6.07, 6.45) is -0.697. The summed E-state index contributed by atoms with van der Waals surface area (Å²) in [5.41, 5.74) is 0.847. The Hall–Kier alpha value is -1.75. The third-order valence-electron chi connectivity index (χ3n) is 2.68. The number of hydrogen-bond acceptors (Lipinski definition) is 3. The number of amides is 2. The van der Waals surface area contributed by atoms with E-state index in [2.05, 4.69) is 10.6 Å². The zero-order chi connectivity index (χ0) is 16.0. The molecule has 0 aliphatic heterocycles. The molecule has 1 rings (SSSR count). The lowest BCUT2D eigenvalue weighted by atomic mass is 10.2. The van der Waals surface area contributed by atoms with Crippen molar-refractivity contribution in [1.29, 1.82) is 0 Å². The number of nitrogens with one attached hydrogen (secondary N) is 2. The quantitative estimate of drug-likeness (QED) is 0.845. The van der Waals surface area contributed by atoms with E-state index in [4.69, 9.17) is 16.3 Å². The molecule has 116 valence electrons. The van der Waals surface area contributed by atoms with Crippen molar-refractivity contribution in [3.8, 4) is 5.75 Å². The Kier molecular flexibility index (Phi) is 6.49. The average molecular weight is 313 g/mol. The Balaban J connectivity index is 2.49. The molecule has 0 aromatic heterocycles. The number of ether oxygens (including phenoxy) is 1. The monoisotopic (exact) mass is 312 g/mol. The molecule has 0 saturated carbocycles. The molecular formula is C15H21ClN2O3. The Morgan fingerprint density at radius 1 is 1.29 bits per heavy atom. The third kappa shape index (κ3) is 6.04. The van der Waals surface area contributed by atoms with Gasteiger partial charge < -0.3 is 15.4 Å². The second-order valence-electron chi connectivity index (χ2n) is 5.11. The van der Waals surface area contributed by atoms with E-state index < -0.39 is 6.10 Å². The Morgan fingerprint density at radius 3 is 2.52 bits per heavy atom. The standard InChI is InChI=1S/C15H21ClN2O3/c1-9(2)18-14(19)8-17-15(20)11(4)21-13-6-5-12(16)7-10(13)3/h5-7,9,11H,8H2,1-4H3,(H,17,20)(H,18,19). The molecule has 6 heteroatoms. The zero-order valence-electron chi connectivity index (χ0n) is 12.7. The lowest BCUT2D eigenvalue weighted by Crippen LogP contribution is -2.43. The summed E-state index contributed by atoms with van der Waals surface area (Å²) in [6.45, 7) is 7.12. The minimum atomic E-state index is -0.697. The van der Waals surface area contributed by atoms with Crippen LogP contribution in [-0.4, -0.2) is 30.5 Å². The topological polar surface area (TPSA) is 67.4 Å². The highest BCUT2D eigenvalue weighted by molar-refractivity contribution is 6.30. The third-order valence-corrected chi connectivity index (χ3v) is 2.92. The summed E-state index contributed by atoms with van der Waals surface area (Å²) in [5.74, 6) is 0.0187. The van der Waals surface area contributed by atoms with Gasteiger partial charge in [0.2, 0.25) is 5.91 Å². The minimum absolute atomic E-state index is 0.0415. The predicted octanol–water partition coefficient (Wildman–Crippen LogP) is 2.06. The van der Waals surface area contributed by atoms with Gasteiger partial charge in [0.25, 0.3) is 5.91 Å². The van der Waals surface area contributed by atoms with Crippen molar-refractivity contribution in [2.75, 3.05) is 6.54 Å². The summed E-state index contributed by atoms with van der Waals surface area (Å²) in [4.78, 5) is 23.3. The SMILES string of the molecule is Cc1cc(Cl)ccc1OC(C)C(=O)NCC(=O)NC(C)C. The molecule has 0 aliphatic carbocycles. The maximum absolute atomic E-state index is 11.9. The maximum atomic E-state index is 11.9. The van der Waals surface area contributed by atoms with Crippen molar-refractivity contribution in [2.24, 2.45) is 0 Å². The van der Waals surface area contributed by atoms with Gasteiger partial charge in [-0.2, -0.15) is 0 Å². The molecule has 0 bridgehead atoms. The van der Waals surface area contributed by atoms with Gasteiger partial charge in [0.05, 0.1) is 6.54 Å². The molecule has 0 spiro atoms. The number of halogens is 1. The Morgan fingerprint density at radius 2 is 1.95 bits per heavy atom. The predicted molar refractivity (Wildman–Crippen MR) is 82.6 cm³/mol. The highest BCUT2D eigenvalue weighted by Gasteiger charge is 2.16. The summed E-state index contributed by atoms with van der Waals surface area (Å²) in [7, 11) is 0. The maximum Gasteiger partial charge on any atom is 0.261 e. The highest BCUT2D eigenvalue weighted by atomic mass is 35.5. The van der Waals surface area contributed by atoms with Crippen LogP contribution in [0, 0.1) is 6.92 Å². The molecule has 0 aliphatic rings. The molecule has 2 N–H and O–H groups in total. The molecule has 1 aromatic rings. The first-order valence-corrected chi connectivity index (χ1v) is 7.17. The smallest absolute Gasteiger partial charge is 0.261 e. The molecule has 2 amide bonds. The summed E-state index contributed by atoms with van der Waals surface area (Å²) in [6, 6.07) is 5.22. The molecule has 21 heavy (non-hydrogen) atoms. The van der Waals surface area contributed by atoms with Crippen molar-refractivity contribution in [2.45, 2.75) is 39.8 Å². The first-order chi connectivity index (χ1) is 9.79. The van der Waals surface area contributed by atoms with E-state index in [-0.39, 0.29) is 24.4 Å². The largest absolute Gasteiger partial charge is 0.481 e. The first kappa shape index (κ1) is 17.3. The second kappa shape index (κ2) is 7.88. The van der Waals surface area contributed by atoms with Gasteiger partial charge in [0, 0.05) is 11.1 Å². The van der Waals surface area contributed by atoms with Crippen molar-refractivity contribution in [1.82, 2.24) is 10.6 Å². The molecule has 5 nitrogen and oxygen atoms in total. The lowest BCUT2D eigenvalue weighted by Gasteiger charge is -2.16. The van der Waals surface area contributed by atoms with Crippen molar-refractivity contribution < 1.29 is 14.3 Å². The van der Waals surface area contributed by atoms with Gasteiger partial charge >= 0.3 is 0 Å². The van der Waals surface area contributed by atoms with Crippen LogP contribution in [-0.2, 0) is 9.59 Å². The number of benzene rings is 1. The van der Waals surface area contributed by atoms with Crippen LogP contribution in [0.5, 0.6) is 5.75 Å². The van der Waals surface area contributed by atoms with E-state index in [0.717, 1.165) is 5.56 Å². The van der Waals surface area contributed by atoms with Crippen LogP contribution >= 0.6 is 11.6 Å². The summed E-state index contributed by atoms with van der Waals surface area (Å²) < 4.78 is 5.57. The van der Waals surface area contributed by atoms with Gasteiger partial charge in [-0.1, -0.05) is 11.6 Å². The van der Waals surface area contributed by atoms with Crippen LogP contribution in [0.4, 0.5) is 0 Å². The van der Waals surface area contributed by atoms with Crippen LogP contribution in [0.15, 0.2) is 18.2 Å². The van der Waals surface area contributed by atoms with Crippen LogP contribution in [0.2, 0.25) is 5.02 Å². The zero-order valence-corrected chi connectivity index (χ0v) is 13.5. The molecule has 0 saturated heterocycles. The van der Waals surface area contributed by atoms with E-state index in [0.29, 0.717) is 10.8 Å².